The Morgan fingerprint density at radius 2 is 2.10 bits per heavy atom. The van der Waals surface area contributed by atoms with Crippen molar-refractivity contribution >= 4 is 6.09 Å². The van der Waals surface area contributed by atoms with Crippen molar-refractivity contribution in [2.75, 3.05) is 13.7 Å². The number of nitrogens with zero attached hydrogens (tertiary/aromatic N) is 1. The Balaban J connectivity index is 2.32. The molecular weight excluding hydrogens is 287 g/mol. The van der Waals surface area contributed by atoms with E-state index in [1.165, 1.54) is 7.11 Å². The summed E-state index contributed by atoms with van der Waals surface area (Å²) in [4.78, 5) is 12.1. The molecular formula is C14H16F3NO3. The summed E-state index contributed by atoms with van der Waals surface area (Å²) < 4.78 is 46.7. The lowest BCUT2D eigenvalue weighted by Crippen LogP contribution is -2.45. The molecule has 1 aromatic rings. The zero-order valence-electron chi connectivity index (χ0n) is 11.5. The van der Waals surface area contributed by atoms with E-state index in [4.69, 9.17) is 5.11 Å². The first-order valence-electron chi connectivity index (χ1n) is 6.63. The Labute approximate surface area is 120 Å². The van der Waals surface area contributed by atoms with E-state index in [-0.39, 0.29) is 18.7 Å². The van der Waals surface area contributed by atoms with Crippen LogP contribution in [-0.4, -0.2) is 35.8 Å². The van der Waals surface area contributed by atoms with Crippen LogP contribution in [0.4, 0.5) is 18.0 Å². The lowest BCUT2D eigenvalue weighted by atomic mass is 9.94. The average Bonchev–Trinajstić information content (AvgIpc) is 2.49. The molecule has 0 bridgehead atoms. The molecule has 1 aliphatic heterocycles. The number of carboxylic acid groups (broad SMARTS) is 1. The first kappa shape index (κ1) is 15.5. The normalized spacial score (nSPS) is 20.2. The number of amides is 1. The number of likely N-dealkylation sites (tertiary alicyclic amines) is 1. The highest BCUT2D eigenvalue weighted by molar-refractivity contribution is 5.65. The van der Waals surface area contributed by atoms with Gasteiger partial charge in [-0.3, -0.25) is 0 Å². The van der Waals surface area contributed by atoms with Crippen LogP contribution in [0.25, 0.3) is 0 Å². The second-order valence-corrected chi connectivity index (χ2v) is 4.93. The number of halogens is 3. The largest absolute Gasteiger partial charge is 0.494 e. The Morgan fingerprint density at radius 1 is 1.38 bits per heavy atom. The van der Waals surface area contributed by atoms with Gasteiger partial charge in [0.25, 0.3) is 0 Å². The second kappa shape index (κ2) is 6.24. The number of carbonyl (C=O) groups is 1. The van der Waals surface area contributed by atoms with Crippen molar-refractivity contribution in [1.29, 1.82) is 0 Å². The van der Waals surface area contributed by atoms with Crippen molar-refractivity contribution < 1.29 is 27.8 Å². The highest BCUT2D eigenvalue weighted by Gasteiger charge is 2.36. The maximum atomic E-state index is 14.6. The van der Waals surface area contributed by atoms with Crippen molar-refractivity contribution in [3.05, 3.63) is 29.3 Å². The van der Waals surface area contributed by atoms with E-state index in [1.807, 2.05) is 0 Å². The molecule has 1 aliphatic rings. The third-order valence-corrected chi connectivity index (χ3v) is 3.73. The molecule has 2 rings (SSSR count). The Morgan fingerprint density at radius 3 is 2.71 bits per heavy atom. The summed E-state index contributed by atoms with van der Waals surface area (Å²) in [6.45, 7) is 0.195. The summed E-state index contributed by atoms with van der Waals surface area (Å²) in [7, 11) is 1.18. The van der Waals surface area contributed by atoms with Crippen LogP contribution in [0.5, 0.6) is 5.75 Å². The standard InChI is InChI=1S/C14H16F3NO3/c1-21-10-6-5-8(12(16)13(10)17)11(15)9-4-2-3-7-18(9)14(19)20/h5-6,9,11H,2-4,7H2,1H3,(H,19,20). The van der Waals surface area contributed by atoms with Gasteiger partial charge in [0.15, 0.2) is 11.6 Å². The number of methoxy groups -OCH3 is 1. The Bertz CT molecular complexity index is 538. The van der Waals surface area contributed by atoms with Crippen LogP contribution in [-0.2, 0) is 0 Å². The van der Waals surface area contributed by atoms with Crippen molar-refractivity contribution in [3.8, 4) is 5.75 Å². The molecule has 1 N–H and O–H groups in total. The lowest BCUT2D eigenvalue weighted by molar-refractivity contribution is 0.0664. The molecule has 7 heteroatoms. The number of hydrogen-bond acceptors (Lipinski definition) is 2. The van der Waals surface area contributed by atoms with E-state index in [2.05, 4.69) is 4.74 Å². The topological polar surface area (TPSA) is 49.8 Å². The van der Waals surface area contributed by atoms with Gasteiger partial charge in [0.2, 0.25) is 5.82 Å². The van der Waals surface area contributed by atoms with Gasteiger partial charge in [-0.25, -0.2) is 13.6 Å². The fraction of sp³-hybridized carbons (Fsp3) is 0.500. The Kier molecular flexibility index (Phi) is 4.59. The van der Waals surface area contributed by atoms with Gasteiger partial charge in [-0.15, -0.1) is 0 Å². The fourth-order valence-electron chi connectivity index (χ4n) is 2.62. The lowest BCUT2D eigenvalue weighted by Gasteiger charge is -2.35. The number of benzene rings is 1. The van der Waals surface area contributed by atoms with Crippen LogP contribution >= 0.6 is 0 Å². The van der Waals surface area contributed by atoms with Gasteiger partial charge in [-0.1, -0.05) is 0 Å². The first-order chi connectivity index (χ1) is 9.97. The van der Waals surface area contributed by atoms with E-state index >= 15 is 0 Å². The van der Waals surface area contributed by atoms with Gasteiger partial charge < -0.3 is 14.7 Å². The fourth-order valence-corrected chi connectivity index (χ4v) is 2.62. The molecule has 0 saturated carbocycles. The summed E-state index contributed by atoms with van der Waals surface area (Å²) in [5, 5.41) is 9.08. The molecule has 116 valence electrons. The third kappa shape index (κ3) is 2.91. The van der Waals surface area contributed by atoms with Crippen LogP contribution < -0.4 is 4.74 Å². The number of alkyl halides is 1. The monoisotopic (exact) mass is 303 g/mol. The van der Waals surface area contributed by atoms with Crippen LogP contribution in [0.15, 0.2) is 12.1 Å². The molecule has 0 spiro atoms. The summed E-state index contributed by atoms with van der Waals surface area (Å²) >= 11 is 0. The van der Waals surface area contributed by atoms with E-state index in [0.29, 0.717) is 12.8 Å². The highest BCUT2D eigenvalue weighted by atomic mass is 19.2. The average molecular weight is 303 g/mol. The molecule has 2 atom stereocenters. The van der Waals surface area contributed by atoms with Gasteiger partial charge in [0, 0.05) is 12.1 Å². The van der Waals surface area contributed by atoms with Crippen LogP contribution in [0, 0.1) is 11.6 Å². The van der Waals surface area contributed by atoms with Crippen LogP contribution in [0.2, 0.25) is 0 Å². The number of hydrogen-bond donors (Lipinski definition) is 1. The molecule has 1 fully saturated rings. The van der Waals surface area contributed by atoms with Gasteiger partial charge >= 0.3 is 6.09 Å². The molecule has 1 aromatic carbocycles. The molecule has 0 aliphatic carbocycles. The van der Waals surface area contributed by atoms with Gasteiger partial charge in [-0.2, -0.15) is 4.39 Å². The predicted octanol–water partition coefficient (Wildman–Crippen LogP) is 3.52. The number of piperidine rings is 1. The highest BCUT2D eigenvalue weighted by Crippen LogP contribution is 2.35. The smallest absolute Gasteiger partial charge is 0.407 e. The molecule has 0 radical (unpaired) electrons. The zero-order chi connectivity index (χ0) is 15.6. The molecule has 2 unspecified atom stereocenters. The predicted molar refractivity (Wildman–Crippen MR) is 69.1 cm³/mol. The molecule has 21 heavy (non-hydrogen) atoms. The maximum Gasteiger partial charge on any atom is 0.407 e. The molecule has 4 nitrogen and oxygen atoms in total. The molecule has 1 amide bonds. The third-order valence-electron chi connectivity index (χ3n) is 3.73. The van der Waals surface area contributed by atoms with E-state index in [0.717, 1.165) is 17.0 Å². The van der Waals surface area contributed by atoms with Gasteiger partial charge in [0.05, 0.1) is 13.2 Å². The van der Waals surface area contributed by atoms with Crippen molar-refractivity contribution in [2.45, 2.75) is 31.5 Å². The van der Waals surface area contributed by atoms with Gasteiger partial charge in [0.1, 0.15) is 6.17 Å². The summed E-state index contributed by atoms with van der Waals surface area (Å²) in [5.41, 5.74) is -0.480. The van der Waals surface area contributed by atoms with Crippen molar-refractivity contribution in [3.63, 3.8) is 0 Å². The van der Waals surface area contributed by atoms with Crippen LogP contribution in [0.3, 0.4) is 0 Å². The quantitative estimate of drug-likeness (QED) is 0.929. The molecule has 1 heterocycles. The van der Waals surface area contributed by atoms with E-state index < -0.39 is 35.5 Å². The first-order valence-corrected chi connectivity index (χ1v) is 6.63. The summed E-state index contributed by atoms with van der Waals surface area (Å²) in [5.74, 6) is -2.92. The van der Waals surface area contributed by atoms with E-state index in [1.54, 1.807) is 0 Å². The van der Waals surface area contributed by atoms with Crippen LogP contribution in [0.1, 0.15) is 31.0 Å². The number of ether oxygens (including phenoxy) is 1. The maximum absolute atomic E-state index is 14.6. The minimum Gasteiger partial charge on any atom is -0.494 e. The summed E-state index contributed by atoms with van der Waals surface area (Å²) in [6.07, 6.45) is -1.61. The Hall–Kier alpha value is -1.92. The van der Waals surface area contributed by atoms with E-state index in [9.17, 15) is 18.0 Å². The minimum absolute atomic E-state index is 0.195. The molecule has 0 aromatic heterocycles. The van der Waals surface area contributed by atoms with Gasteiger partial charge in [-0.05, 0) is 31.4 Å². The molecule has 1 saturated heterocycles. The summed E-state index contributed by atoms with van der Waals surface area (Å²) in [6, 6.07) is 1.23. The minimum atomic E-state index is -1.91. The SMILES string of the molecule is COc1ccc(C(F)C2CCCCN2C(=O)O)c(F)c1F. The van der Waals surface area contributed by atoms with Crippen molar-refractivity contribution in [1.82, 2.24) is 4.90 Å². The second-order valence-electron chi connectivity index (χ2n) is 4.93. The zero-order valence-corrected chi connectivity index (χ0v) is 11.5. The van der Waals surface area contributed by atoms with Crippen molar-refractivity contribution in [2.24, 2.45) is 0 Å². The number of rotatable bonds is 3.